The Hall–Kier alpha value is -1.59. The van der Waals surface area contributed by atoms with E-state index < -0.39 is 0 Å². The van der Waals surface area contributed by atoms with Gasteiger partial charge in [0.1, 0.15) is 12.4 Å². The summed E-state index contributed by atoms with van der Waals surface area (Å²) in [6, 6.07) is 7.02. The van der Waals surface area contributed by atoms with Crippen molar-refractivity contribution in [1.82, 2.24) is 5.06 Å². The summed E-state index contributed by atoms with van der Waals surface area (Å²) in [4.78, 5) is 16.6. The maximum Gasteiger partial charge on any atom is 0.277 e. The largest absolute Gasteiger partial charge is 0.491 e. The Labute approximate surface area is 113 Å². The summed E-state index contributed by atoms with van der Waals surface area (Å²) in [6.07, 6.45) is 2.35. The Kier molecular flexibility index (Phi) is 4.76. The Morgan fingerprint density at radius 1 is 1.42 bits per heavy atom. The molecule has 19 heavy (non-hydrogen) atoms. The zero-order valence-corrected chi connectivity index (χ0v) is 11.3. The van der Waals surface area contributed by atoms with Crippen molar-refractivity contribution in [3.63, 3.8) is 0 Å². The van der Waals surface area contributed by atoms with E-state index >= 15 is 0 Å². The SMILES string of the molecule is CON(C)C(=O)c1ccc(OCC2CCCO2)cc1. The molecule has 1 amide bonds. The lowest BCUT2D eigenvalue weighted by Gasteiger charge is -2.14. The van der Waals surface area contributed by atoms with Crippen molar-refractivity contribution >= 4 is 5.91 Å². The van der Waals surface area contributed by atoms with Gasteiger partial charge in [0.05, 0.1) is 13.2 Å². The van der Waals surface area contributed by atoms with E-state index in [-0.39, 0.29) is 12.0 Å². The van der Waals surface area contributed by atoms with E-state index in [2.05, 4.69) is 0 Å². The second-order valence-electron chi connectivity index (χ2n) is 4.46. The number of ether oxygens (including phenoxy) is 2. The maximum absolute atomic E-state index is 11.8. The van der Waals surface area contributed by atoms with Gasteiger partial charge in [-0.3, -0.25) is 9.63 Å². The number of hydrogen-bond donors (Lipinski definition) is 0. The number of hydrogen-bond acceptors (Lipinski definition) is 4. The molecule has 0 N–H and O–H groups in total. The van der Waals surface area contributed by atoms with Crippen molar-refractivity contribution in [3.05, 3.63) is 29.8 Å². The number of benzene rings is 1. The smallest absolute Gasteiger partial charge is 0.277 e. The molecule has 2 rings (SSSR count). The Bertz CT molecular complexity index is 412. The number of hydroxylamine groups is 2. The molecule has 1 aromatic carbocycles. The molecule has 1 heterocycles. The van der Waals surface area contributed by atoms with E-state index in [0.29, 0.717) is 12.2 Å². The molecule has 104 valence electrons. The van der Waals surface area contributed by atoms with Crippen molar-refractivity contribution in [2.24, 2.45) is 0 Å². The van der Waals surface area contributed by atoms with Gasteiger partial charge in [-0.15, -0.1) is 0 Å². The number of carbonyl (C=O) groups is 1. The Morgan fingerprint density at radius 3 is 2.74 bits per heavy atom. The lowest BCUT2D eigenvalue weighted by Crippen LogP contribution is -2.25. The number of amides is 1. The van der Waals surface area contributed by atoms with Gasteiger partial charge in [0.25, 0.3) is 5.91 Å². The summed E-state index contributed by atoms with van der Waals surface area (Å²) in [5.41, 5.74) is 0.564. The Balaban J connectivity index is 1.88. The number of rotatable bonds is 5. The predicted octanol–water partition coefficient (Wildman–Crippen LogP) is 1.88. The van der Waals surface area contributed by atoms with Crippen LogP contribution in [0.3, 0.4) is 0 Å². The first kappa shape index (κ1) is 13.8. The lowest BCUT2D eigenvalue weighted by atomic mass is 10.2. The van der Waals surface area contributed by atoms with Crippen LogP contribution in [0, 0.1) is 0 Å². The minimum atomic E-state index is -0.187. The first-order chi connectivity index (χ1) is 9.20. The standard InChI is InChI=1S/C14H19NO4/c1-15(17-2)14(16)11-5-7-12(8-6-11)19-10-13-4-3-9-18-13/h5-8,13H,3-4,9-10H2,1-2H3. The van der Waals surface area contributed by atoms with Gasteiger partial charge < -0.3 is 9.47 Å². The van der Waals surface area contributed by atoms with Crippen LogP contribution in [0.4, 0.5) is 0 Å². The molecule has 1 fully saturated rings. The topological polar surface area (TPSA) is 48.0 Å². The highest BCUT2D eigenvalue weighted by molar-refractivity contribution is 5.93. The van der Waals surface area contributed by atoms with Crippen LogP contribution < -0.4 is 4.74 Å². The van der Waals surface area contributed by atoms with Gasteiger partial charge >= 0.3 is 0 Å². The van der Waals surface area contributed by atoms with Crippen LogP contribution in [0.5, 0.6) is 5.75 Å². The lowest BCUT2D eigenvalue weighted by molar-refractivity contribution is -0.0757. The monoisotopic (exact) mass is 265 g/mol. The first-order valence-corrected chi connectivity index (χ1v) is 6.37. The molecule has 1 unspecified atom stereocenters. The molecule has 5 nitrogen and oxygen atoms in total. The first-order valence-electron chi connectivity index (χ1n) is 6.37. The van der Waals surface area contributed by atoms with Crippen LogP contribution in [0.1, 0.15) is 23.2 Å². The quantitative estimate of drug-likeness (QED) is 0.763. The molecule has 0 radical (unpaired) electrons. The van der Waals surface area contributed by atoms with Crippen LogP contribution in [0.15, 0.2) is 24.3 Å². The highest BCUT2D eigenvalue weighted by Gasteiger charge is 2.16. The van der Waals surface area contributed by atoms with E-state index in [9.17, 15) is 4.79 Å². The van der Waals surface area contributed by atoms with Gasteiger partial charge in [-0.1, -0.05) is 0 Å². The van der Waals surface area contributed by atoms with Crippen molar-refractivity contribution in [2.45, 2.75) is 18.9 Å². The zero-order valence-electron chi connectivity index (χ0n) is 11.3. The summed E-state index contributed by atoms with van der Waals surface area (Å²) in [6.45, 7) is 1.39. The molecule has 1 aliphatic rings. The van der Waals surface area contributed by atoms with E-state index in [1.807, 2.05) is 0 Å². The number of nitrogens with zero attached hydrogens (tertiary/aromatic N) is 1. The fourth-order valence-electron chi connectivity index (χ4n) is 1.92. The summed E-state index contributed by atoms with van der Waals surface area (Å²) in [5, 5.41) is 1.18. The average molecular weight is 265 g/mol. The maximum atomic E-state index is 11.8. The minimum Gasteiger partial charge on any atom is -0.491 e. The molecule has 0 bridgehead atoms. The third-order valence-electron chi connectivity index (χ3n) is 3.12. The van der Waals surface area contributed by atoms with Gasteiger partial charge in [0.2, 0.25) is 0 Å². The molecule has 1 aromatic rings. The third-order valence-corrected chi connectivity index (χ3v) is 3.12. The zero-order chi connectivity index (χ0) is 13.7. The summed E-state index contributed by atoms with van der Waals surface area (Å²) in [7, 11) is 3.03. The molecular formula is C14H19NO4. The highest BCUT2D eigenvalue weighted by atomic mass is 16.7. The van der Waals surface area contributed by atoms with Crippen LogP contribution in [-0.4, -0.2) is 44.4 Å². The molecular weight excluding hydrogens is 246 g/mol. The van der Waals surface area contributed by atoms with Gasteiger partial charge in [0, 0.05) is 19.2 Å². The molecule has 1 atom stereocenters. The van der Waals surface area contributed by atoms with Crippen molar-refractivity contribution in [3.8, 4) is 5.75 Å². The van der Waals surface area contributed by atoms with E-state index in [0.717, 1.165) is 25.2 Å². The van der Waals surface area contributed by atoms with E-state index in [4.69, 9.17) is 14.3 Å². The number of carbonyl (C=O) groups excluding carboxylic acids is 1. The average Bonchev–Trinajstić information content (AvgIpc) is 2.97. The summed E-state index contributed by atoms with van der Waals surface area (Å²) >= 11 is 0. The molecule has 0 spiro atoms. The van der Waals surface area contributed by atoms with Crippen molar-refractivity contribution < 1.29 is 19.1 Å². The molecule has 0 aliphatic carbocycles. The van der Waals surface area contributed by atoms with Crippen LogP contribution in [0.2, 0.25) is 0 Å². The highest BCUT2D eigenvalue weighted by Crippen LogP contribution is 2.17. The van der Waals surface area contributed by atoms with Crippen molar-refractivity contribution in [2.75, 3.05) is 27.4 Å². The summed E-state index contributed by atoms with van der Waals surface area (Å²) < 4.78 is 11.1. The third kappa shape index (κ3) is 3.68. The second kappa shape index (κ2) is 6.54. The predicted molar refractivity (Wildman–Crippen MR) is 70.0 cm³/mol. The molecule has 1 saturated heterocycles. The van der Waals surface area contributed by atoms with Crippen LogP contribution in [-0.2, 0) is 9.57 Å². The van der Waals surface area contributed by atoms with Crippen LogP contribution >= 0.6 is 0 Å². The van der Waals surface area contributed by atoms with Crippen LogP contribution in [0.25, 0.3) is 0 Å². The van der Waals surface area contributed by atoms with Crippen molar-refractivity contribution in [1.29, 1.82) is 0 Å². The van der Waals surface area contributed by atoms with E-state index in [1.54, 1.807) is 31.3 Å². The molecule has 0 aromatic heterocycles. The fourth-order valence-corrected chi connectivity index (χ4v) is 1.92. The minimum absolute atomic E-state index is 0.187. The van der Waals surface area contributed by atoms with Gasteiger partial charge in [-0.05, 0) is 37.1 Å². The van der Waals surface area contributed by atoms with Gasteiger partial charge in [-0.25, -0.2) is 5.06 Å². The Morgan fingerprint density at radius 2 is 2.16 bits per heavy atom. The summed E-state index contributed by atoms with van der Waals surface area (Å²) in [5.74, 6) is 0.556. The second-order valence-corrected chi connectivity index (χ2v) is 4.46. The molecule has 1 aliphatic heterocycles. The normalized spacial score (nSPS) is 18.3. The molecule has 0 saturated carbocycles. The van der Waals surface area contributed by atoms with Gasteiger partial charge in [-0.2, -0.15) is 0 Å². The van der Waals surface area contributed by atoms with Gasteiger partial charge in [0.15, 0.2) is 0 Å². The molecule has 5 heteroatoms. The fraction of sp³-hybridized carbons (Fsp3) is 0.500. The van der Waals surface area contributed by atoms with E-state index in [1.165, 1.54) is 12.2 Å².